The summed E-state index contributed by atoms with van der Waals surface area (Å²) in [6.07, 6.45) is -2.42. The van der Waals surface area contributed by atoms with E-state index >= 15 is 0 Å². The van der Waals surface area contributed by atoms with Crippen molar-refractivity contribution in [2.75, 3.05) is 63.6 Å². The fraction of sp³-hybridized carbons (Fsp3) is 0.480. The van der Waals surface area contributed by atoms with Gasteiger partial charge >= 0.3 is 12.2 Å². The molecule has 0 spiro atoms. The van der Waals surface area contributed by atoms with Crippen LogP contribution in [0.15, 0.2) is 42.5 Å². The predicted octanol–water partition coefficient (Wildman–Crippen LogP) is 4.20. The van der Waals surface area contributed by atoms with E-state index in [2.05, 4.69) is 57.6 Å². The number of halogens is 3. The number of hydrogen-bond donors (Lipinski definition) is 2. The number of alkyl halides is 3. The molecule has 0 saturated carbocycles. The average molecular weight is 476 g/mol. The Hall–Kier alpha value is -2.78. The first-order valence-electron chi connectivity index (χ1n) is 11.7. The quantitative estimate of drug-likeness (QED) is 0.681. The molecule has 1 fully saturated rings. The smallest absolute Gasteiger partial charge is 0.374 e. The summed E-state index contributed by atoms with van der Waals surface area (Å²) in [5.74, 6) is 0. The number of nitrogens with zero attached hydrogens (tertiary/aromatic N) is 3. The number of piperazine rings is 1. The molecule has 34 heavy (non-hydrogen) atoms. The van der Waals surface area contributed by atoms with E-state index in [1.165, 1.54) is 29.4 Å². The zero-order valence-corrected chi connectivity index (χ0v) is 19.7. The number of fused-ring (bicyclic) bond motifs is 1. The Balaban J connectivity index is 1.50. The maximum Gasteiger partial charge on any atom is 0.418 e. The number of para-hydroxylation sites is 1. The Morgan fingerprint density at radius 1 is 1.03 bits per heavy atom. The third kappa shape index (κ3) is 5.64. The predicted molar refractivity (Wildman–Crippen MR) is 128 cm³/mol. The van der Waals surface area contributed by atoms with E-state index in [0.29, 0.717) is 6.54 Å². The summed E-state index contributed by atoms with van der Waals surface area (Å²) in [5.41, 5.74) is 2.55. The highest BCUT2D eigenvalue weighted by atomic mass is 19.4. The lowest BCUT2D eigenvalue weighted by Crippen LogP contribution is -2.49. The Morgan fingerprint density at radius 2 is 1.76 bits per heavy atom. The molecule has 2 N–H and O–H groups in total. The monoisotopic (exact) mass is 475 g/mol. The molecule has 2 aromatic carbocycles. The van der Waals surface area contributed by atoms with E-state index in [0.717, 1.165) is 57.2 Å². The van der Waals surface area contributed by atoms with Crippen molar-refractivity contribution in [1.82, 2.24) is 15.1 Å². The van der Waals surface area contributed by atoms with Crippen molar-refractivity contribution in [3.8, 4) is 0 Å². The minimum atomic E-state index is -4.54. The highest BCUT2D eigenvalue weighted by Gasteiger charge is 2.33. The average Bonchev–Trinajstić information content (AvgIpc) is 2.80. The molecule has 2 aromatic rings. The number of hydrogen-bond acceptors (Lipinski definition) is 4. The molecule has 6 nitrogen and oxygen atoms in total. The van der Waals surface area contributed by atoms with Crippen molar-refractivity contribution < 1.29 is 18.0 Å². The Kier molecular flexibility index (Phi) is 7.33. The van der Waals surface area contributed by atoms with Gasteiger partial charge in [-0.1, -0.05) is 24.3 Å². The Labute approximate surface area is 198 Å². The van der Waals surface area contributed by atoms with Crippen molar-refractivity contribution in [2.24, 2.45) is 0 Å². The molecule has 4 rings (SSSR count). The highest BCUT2D eigenvalue weighted by molar-refractivity contribution is 5.90. The summed E-state index contributed by atoms with van der Waals surface area (Å²) in [4.78, 5) is 19.5. The molecule has 2 aliphatic rings. The molecule has 2 amide bonds. The third-order valence-electron chi connectivity index (χ3n) is 6.75. The molecule has 0 radical (unpaired) electrons. The molecule has 1 saturated heterocycles. The van der Waals surface area contributed by atoms with Gasteiger partial charge in [-0.05, 0) is 49.2 Å². The van der Waals surface area contributed by atoms with Crippen LogP contribution in [0.5, 0.6) is 0 Å². The minimum absolute atomic E-state index is 0.0603. The van der Waals surface area contributed by atoms with Crippen LogP contribution in [0.4, 0.5) is 29.3 Å². The molecule has 2 aliphatic heterocycles. The van der Waals surface area contributed by atoms with E-state index in [-0.39, 0.29) is 11.7 Å². The lowest BCUT2D eigenvalue weighted by Gasteiger charge is -2.39. The fourth-order valence-electron chi connectivity index (χ4n) is 4.80. The summed E-state index contributed by atoms with van der Waals surface area (Å²) in [6.45, 7) is 4.91. The van der Waals surface area contributed by atoms with Gasteiger partial charge in [-0.3, -0.25) is 4.90 Å². The first-order chi connectivity index (χ1) is 16.2. The number of aryl methyl sites for hydroxylation is 1. The van der Waals surface area contributed by atoms with Crippen LogP contribution in [0.25, 0.3) is 0 Å². The molecule has 0 aliphatic carbocycles. The van der Waals surface area contributed by atoms with Crippen molar-refractivity contribution >= 4 is 17.4 Å². The molecule has 0 aromatic heterocycles. The van der Waals surface area contributed by atoms with E-state index < -0.39 is 17.8 Å². The summed E-state index contributed by atoms with van der Waals surface area (Å²) in [7, 11) is 4.19. The molecule has 1 atom stereocenters. The molecule has 9 heteroatoms. The van der Waals surface area contributed by atoms with Crippen LogP contribution < -0.4 is 15.5 Å². The van der Waals surface area contributed by atoms with Gasteiger partial charge in [-0.2, -0.15) is 13.2 Å². The lowest BCUT2D eigenvalue weighted by atomic mass is 9.95. The van der Waals surface area contributed by atoms with Crippen molar-refractivity contribution in [3.05, 3.63) is 59.2 Å². The van der Waals surface area contributed by atoms with Crippen LogP contribution in [-0.4, -0.2) is 69.2 Å². The molecular weight excluding hydrogens is 443 g/mol. The van der Waals surface area contributed by atoms with Gasteiger partial charge in [0, 0.05) is 52.0 Å². The number of carbonyl (C=O) groups is 1. The first-order valence-corrected chi connectivity index (χ1v) is 11.7. The number of likely N-dealkylation sites (N-methyl/N-ethyl adjacent to an activating group) is 1. The van der Waals surface area contributed by atoms with E-state index in [4.69, 9.17) is 0 Å². The second-order valence-electron chi connectivity index (χ2n) is 9.15. The summed E-state index contributed by atoms with van der Waals surface area (Å²) in [5, 5.41) is 5.21. The normalized spacial score (nSPS) is 18.3. The molecule has 0 unspecified atom stereocenters. The van der Waals surface area contributed by atoms with Gasteiger partial charge in [0.05, 0.1) is 17.3 Å². The lowest BCUT2D eigenvalue weighted by molar-refractivity contribution is -0.136. The van der Waals surface area contributed by atoms with E-state index in [9.17, 15) is 18.0 Å². The Morgan fingerprint density at radius 3 is 2.50 bits per heavy atom. The summed E-state index contributed by atoms with van der Waals surface area (Å²) >= 11 is 0. The summed E-state index contributed by atoms with van der Waals surface area (Å²) < 4.78 is 39.9. The largest absolute Gasteiger partial charge is 0.418 e. The number of benzene rings is 2. The second-order valence-corrected chi connectivity index (χ2v) is 9.15. The van der Waals surface area contributed by atoms with Crippen LogP contribution in [-0.2, 0) is 12.6 Å². The highest BCUT2D eigenvalue weighted by Crippen LogP contribution is 2.35. The molecule has 0 bridgehead atoms. The molecular formula is C25H32F3N5O. The maximum absolute atomic E-state index is 13.3. The SMILES string of the molecule is CN1CCN([C@@H](CNC(=O)Nc2ccccc2C(F)(F)F)c2ccc3c(c2)CCCN3C)CC1. The van der Waals surface area contributed by atoms with Gasteiger partial charge in [0.2, 0.25) is 0 Å². The van der Waals surface area contributed by atoms with Gasteiger partial charge in [0.25, 0.3) is 0 Å². The molecule has 184 valence electrons. The van der Waals surface area contributed by atoms with Gasteiger partial charge in [-0.25, -0.2) is 4.79 Å². The third-order valence-corrected chi connectivity index (χ3v) is 6.75. The maximum atomic E-state index is 13.3. The van der Waals surface area contributed by atoms with Crippen molar-refractivity contribution in [2.45, 2.75) is 25.1 Å². The number of anilines is 2. The van der Waals surface area contributed by atoms with Crippen molar-refractivity contribution in [1.29, 1.82) is 0 Å². The zero-order valence-electron chi connectivity index (χ0n) is 19.7. The fourth-order valence-corrected chi connectivity index (χ4v) is 4.80. The Bertz CT molecular complexity index is 1000. The number of urea groups is 1. The minimum Gasteiger partial charge on any atom is -0.374 e. The van der Waals surface area contributed by atoms with Gasteiger partial charge in [-0.15, -0.1) is 0 Å². The number of nitrogens with one attached hydrogen (secondary N) is 2. The zero-order chi connectivity index (χ0) is 24.3. The van der Waals surface area contributed by atoms with Gasteiger partial charge in [0.1, 0.15) is 0 Å². The summed E-state index contributed by atoms with van der Waals surface area (Å²) in [6, 6.07) is 10.8. The number of carbonyl (C=O) groups excluding carboxylic acids is 1. The standard InChI is InChI=1S/C25H32F3N5O/c1-31-12-14-33(15-13-31)23(19-9-10-22-18(16-19)6-5-11-32(22)2)17-29-24(34)30-21-8-4-3-7-20(21)25(26,27)28/h3-4,7-10,16,23H,5-6,11-15,17H2,1-2H3,(H2,29,30,34)/t23-/m0/s1. The first kappa shape index (κ1) is 24.3. The van der Waals surface area contributed by atoms with E-state index in [1.807, 2.05) is 0 Å². The second kappa shape index (κ2) is 10.2. The van der Waals surface area contributed by atoms with E-state index in [1.54, 1.807) is 0 Å². The van der Waals surface area contributed by atoms with Crippen LogP contribution >= 0.6 is 0 Å². The van der Waals surface area contributed by atoms with Crippen LogP contribution in [0.2, 0.25) is 0 Å². The van der Waals surface area contributed by atoms with Gasteiger partial charge < -0.3 is 20.4 Å². The topological polar surface area (TPSA) is 50.9 Å². The van der Waals surface area contributed by atoms with Crippen molar-refractivity contribution in [3.63, 3.8) is 0 Å². The van der Waals surface area contributed by atoms with Crippen LogP contribution in [0, 0.1) is 0 Å². The number of amides is 2. The van der Waals surface area contributed by atoms with Crippen LogP contribution in [0.3, 0.4) is 0 Å². The number of rotatable bonds is 5. The van der Waals surface area contributed by atoms with Crippen LogP contribution in [0.1, 0.15) is 29.2 Å². The molecule has 2 heterocycles. The van der Waals surface area contributed by atoms with Gasteiger partial charge in [0.15, 0.2) is 0 Å².